The highest BCUT2D eigenvalue weighted by Crippen LogP contribution is 2.40. The van der Waals surface area contributed by atoms with E-state index in [4.69, 9.17) is 21.4 Å². The summed E-state index contributed by atoms with van der Waals surface area (Å²) < 4.78 is 34.5. The molecular weight excluding hydrogens is 478 g/mol. The van der Waals surface area contributed by atoms with Crippen LogP contribution in [0, 0.1) is 0 Å². The van der Waals surface area contributed by atoms with E-state index in [1.807, 2.05) is 30.3 Å². The molecule has 2 atom stereocenters. The van der Waals surface area contributed by atoms with Gasteiger partial charge in [0.1, 0.15) is 6.61 Å². The van der Waals surface area contributed by atoms with E-state index in [1.54, 1.807) is 17.0 Å². The number of amides is 1. The van der Waals surface area contributed by atoms with E-state index >= 15 is 0 Å². The molecule has 1 amide bonds. The number of aliphatic hydroxyl groups is 1. The molecule has 0 saturated carbocycles. The average Bonchev–Trinajstić information content (AvgIpc) is 3.29. The third-order valence-corrected chi connectivity index (χ3v) is 8.69. The second kappa shape index (κ2) is 11.0. The summed E-state index contributed by atoms with van der Waals surface area (Å²) >= 11 is 5.97. The Labute approximate surface area is 205 Å². The number of nitrogens with zero attached hydrogens (tertiary/aromatic N) is 3. The molecule has 8 nitrogen and oxygen atoms in total. The van der Waals surface area contributed by atoms with E-state index in [0.717, 1.165) is 5.56 Å². The minimum absolute atomic E-state index is 0.00809. The minimum Gasteiger partial charge on any atom is -0.448 e. The molecule has 2 fully saturated rings. The topological polar surface area (TPSA) is 90.4 Å². The normalized spacial score (nSPS) is 22.1. The van der Waals surface area contributed by atoms with Gasteiger partial charge in [-0.1, -0.05) is 41.9 Å². The largest absolute Gasteiger partial charge is 0.448 e. The van der Waals surface area contributed by atoms with Crippen LogP contribution >= 0.6 is 11.6 Å². The van der Waals surface area contributed by atoms with Crippen molar-refractivity contribution in [3.8, 4) is 0 Å². The van der Waals surface area contributed by atoms with Crippen molar-refractivity contribution in [2.45, 2.75) is 29.8 Å². The Balaban J connectivity index is 1.49. The fourth-order valence-electron chi connectivity index (χ4n) is 4.65. The van der Waals surface area contributed by atoms with Gasteiger partial charge in [-0.2, -0.15) is 4.31 Å². The number of hydrogen-bond donors (Lipinski definition) is 1. The first-order valence-electron chi connectivity index (χ1n) is 11.5. The summed E-state index contributed by atoms with van der Waals surface area (Å²) in [7, 11) is -3.85. The molecule has 0 spiro atoms. The number of hydrogen-bond acceptors (Lipinski definition) is 6. The van der Waals surface area contributed by atoms with Gasteiger partial charge in [-0.3, -0.25) is 4.90 Å². The summed E-state index contributed by atoms with van der Waals surface area (Å²) in [6.07, 6.45) is 0.790. The van der Waals surface area contributed by atoms with E-state index in [-0.39, 0.29) is 24.2 Å². The van der Waals surface area contributed by atoms with Crippen LogP contribution in [-0.2, 0) is 14.8 Å². The molecule has 184 valence electrons. The quantitative estimate of drug-likeness (QED) is 0.619. The molecule has 0 bridgehead atoms. The summed E-state index contributed by atoms with van der Waals surface area (Å²) in [4.78, 5) is 16.6. The third kappa shape index (κ3) is 5.55. The molecule has 2 aliphatic heterocycles. The molecule has 2 aliphatic rings. The number of carbonyl (C=O) groups is 1. The van der Waals surface area contributed by atoms with Crippen LogP contribution in [-0.4, -0.2) is 85.7 Å². The van der Waals surface area contributed by atoms with Crippen LogP contribution in [0.3, 0.4) is 0 Å². The second-order valence-electron chi connectivity index (χ2n) is 8.58. The number of benzene rings is 2. The summed E-state index contributed by atoms with van der Waals surface area (Å²) in [5.74, 6) is 0. The Morgan fingerprint density at radius 3 is 2.32 bits per heavy atom. The summed E-state index contributed by atoms with van der Waals surface area (Å²) in [6.45, 7) is 3.05. The number of carbonyl (C=O) groups excluding carboxylic acids is 1. The molecule has 0 aromatic heterocycles. The van der Waals surface area contributed by atoms with Crippen LogP contribution in [0.2, 0.25) is 5.02 Å². The van der Waals surface area contributed by atoms with Gasteiger partial charge in [0.2, 0.25) is 10.0 Å². The maximum absolute atomic E-state index is 13.7. The maximum Gasteiger partial charge on any atom is 0.409 e. The van der Waals surface area contributed by atoms with Gasteiger partial charge in [0.15, 0.2) is 0 Å². The van der Waals surface area contributed by atoms with Crippen LogP contribution in [0.4, 0.5) is 4.79 Å². The Morgan fingerprint density at radius 1 is 1.00 bits per heavy atom. The Hall–Kier alpha value is -2.17. The Bertz CT molecular complexity index is 1060. The monoisotopic (exact) mass is 507 g/mol. The zero-order valence-electron chi connectivity index (χ0n) is 18.9. The average molecular weight is 508 g/mol. The zero-order valence-corrected chi connectivity index (χ0v) is 20.5. The van der Waals surface area contributed by atoms with E-state index in [9.17, 15) is 13.2 Å². The molecule has 0 radical (unpaired) electrons. The fraction of sp³-hybridized carbons (Fsp3) is 0.458. The Morgan fingerprint density at radius 2 is 1.68 bits per heavy atom. The van der Waals surface area contributed by atoms with Gasteiger partial charge in [0, 0.05) is 37.7 Å². The first kappa shape index (κ1) is 24.9. The van der Waals surface area contributed by atoms with Crippen LogP contribution in [0.25, 0.3) is 0 Å². The first-order chi connectivity index (χ1) is 16.4. The number of ether oxygens (including phenoxy) is 1. The highest BCUT2D eigenvalue weighted by Gasteiger charge is 2.43. The fourth-order valence-corrected chi connectivity index (χ4v) is 6.62. The molecular formula is C24H30ClN3O5S. The first-order valence-corrected chi connectivity index (χ1v) is 13.3. The molecule has 4 rings (SSSR count). The van der Waals surface area contributed by atoms with Gasteiger partial charge in [0.25, 0.3) is 0 Å². The van der Waals surface area contributed by atoms with Crippen molar-refractivity contribution in [2.75, 3.05) is 45.9 Å². The lowest BCUT2D eigenvalue weighted by Gasteiger charge is -2.34. The molecule has 0 aliphatic carbocycles. The summed E-state index contributed by atoms with van der Waals surface area (Å²) in [5, 5.41) is 9.54. The minimum atomic E-state index is -3.85. The van der Waals surface area contributed by atoms with Crippen molar-refractivity contribution < 1.29 is 23.1 Å². The highest BCUT2D eigenvalue weighted by atomic mass is 35.5. The van der Waals surface area contributed by atoms with E-state index in [0.29, 0.717) is 50.6 Å². The van der Waals surface area contributed by atoms with Gasteiger partial charge >= 0.3 is 6.09 Å². The summed E-state index contributed by atoms with van der Waals surface area (Å²) in [6, 6.07) is 14.9. The lowest BCUT2D eigenvalue weighted by Crippen LogP contribution is -2.50. The van der Waals surface area contributed by atoms with E-state index in [1.165, 1.54) is 16.4 Å². The lowest BCUT2D eigenvalue weighted by atomic mass is 10.1. The number of rotatable bonds is 7. The smallest absolute Gasteiger partial charge is 0.409 e. The van der Waals surface area contributed by atoms with E-state index < -0.39 is 22.2 Å². The molecule has 2 heterocycles. The molecule has 34 heavy (non-hydrogen) atoms. The number of halogens is 1. The second-order valence-corrected chi connectivity index (χ2v) is 10.9. The molecule has 1 unspecified atom stereocenters. The SMILES string of the molecule is O=C(OC[C@H]1CCC(c2ccccc2)N1S(=O)(=O)c1ccc(Cl)cc1)N1CCN(CCO)CC1. The van der Waals surface area contributed by atoms with Gasteiger partial charge in [0.05, 0.1) is 23.6 Å². The van der Waals surface area contributed by atoms with Crippen LogP contribution in [0.5, 0.6) is 0 Å². The van der Waals surface area contributed by atoms with Gasteiger partial charge in [-0.15, -0.1) is 0 Å². The molecule has 1 N–H and O–H groups in total. The molecule has 2 aromatic rings. The van der Waals surface area contributed by atoms with Gasteiger partial charge in [-0.25, -0.2) is 13.2 Å². The van der Waals surface area contributed by atoms with Gasteiger partial charge in [-0.05, 0) is 42.7 Å². The number of sulfonamides is 1. The molecule has 10 heteroatoms. The predicted octanol–water partition coefficient (Wildman–Crippen LogP) is 2.98. The van der Waals surface area contributed by atoms with Gasteiger partial charge < -0.3 is 14.7 Å². The van der Waals surface area contributed by atoms with Crippen LogP contribution in [0.15, 0.2) is 59.5 Å². The van der Waals surface area contributed by atoms with Crippen molar-refractivity contribution in [3.05, 3.63) is 65.2 Å². The van der Waals surface area contributed by atoms with Crippen molar-refractivity contribution in [2.24, 2.45) is 0 Å². The van der Waals surface area contributed by atoms with E-state index in [2.05, 4.69) is 4.90 Å². The Kier molecular flexibility index (Phi) is 8.10. The van der Waals surface area contributed by atoms with Crippen LogP contribution in [0.1, 0.15) is 24.4 Å². The lowest BCUT2D eigenvalue weighted by molar-refractivity contribution is 0.0610. The van der Waals surface area contributed by atoms with Crippen LogP contribution < -0.4 is 0 Å². The van der Waals surface area contributed by atoms with Crippen molar-refractivity contribution in [3.63, 3.8) is 0 Å². The van der Waals surface area contributed by atoms with Crippen molar-refractivity contribution in [1.29, 1.82) is 0 Å². The maximum atomic E-state index is 13.7. The number of aliphatic hydroxyl groups excluding tert-OH is 1. The van der Waals surface area contributed by atoms with Crippen molar-refractivity contribution >= 4 is 27.7 Å². The van der Waals surface area contributed by atoms with Crippen molar-refractivity contribution in [1.82, 2.24) is 14.1 Å². The number of piperazine rings is 1. The number of β-amino-alcohol motifs (C(OH)–C–C–N with tert-alkyl or cyclic N) is 1. The summed E-state index contributed by atoms with van der Waals surface area (Å²) in [5.41, 5.74) is 0.911. The predicted molar refractivity (Wildman–Crippen MR) is 129 cm³/mol. The highest BCUT2D eigenvalue weighted by molar-refractivity contribution is 7.89. The third-order valence-electron chi connectivity index (χ3n) is 6.46. The zero-order chi connectivity index (χ0) is 24.1. The molecule has 2 saturated heterocycles. The standard InChI is InChI=1S/C24H30ClN3O5S/c25-20-6-9-22(10-7-20)34(31,32)28-21(8-11-23(28)19-4-2-1-3-5-19)18-33-24(30)27-14-12-26(13-15-27)16-17-29/h1-7,9-10,21,23,29H,8,11-18H2/t21-,23?/m1/s1. The molecule has 2 aromatic carbocycles.